The van der Waals surface area contributed by atoms with Gasteiger partial charge in [0.1, 0.15) is 0 Å². The van der Waals surface area contributed by atoms with Gasteiger partial charge in [-0.2, -0.15) is 0 Å². The van der Waals surface area contributed by atoms with Gasteiger partial charge < -0.3 is 4.84 Å². The molecule has 25 heavy (non-hydrogen) atoms. The van der Waals surface area contributed by atoms with Crippen molar-refractivity contribution >= 4 is 27.8 Å². The van der Waals surface area contributed by atoms with Gasteiger partial charge in [-0.1, -0.05) is 29.3 Å². The summed E-state index contributed by atoms with van der Waals surface area (Å²) in [6.45, 7) is 0. The summed E-state index contributed by atoms with van der Waals surface area (Å²) in [6, 6.07) is 11.4. The molecule has 0 unspecified atom stereocenters. The summed E-state index contributed by atoms with van der Waals surface area (Å²) in [5.74, 6) is -2.25. The van der Waals surface area contributed by atoms with Crippen LogP contribution in [0.5, 0.6) is 0 Å². The number of hydroxylamine groups is 2. The van der Waals surface area contributed by atoms with Crippen LogP contribution in [0, 0.1) is 0 Å². The van der Waals surface area contributed by atoms with E-state index < -0.39 is 27.8 Å². The first-order valence-corrected chi connectivity index (χ1v) is 8.62. The Bertz CT molecular complexity index is 947. The minimum absolute atomic E-state index is 0.0926. The molecule has 0 fully saturated rings. The van der Waals surface area contributed by atoms with Gasteiger partial charge in [0, 0.05) is 0 Å². The van der Waals surface area contributed by atoms with Crippen LogP contribution in [-0.4, -0.2) is 31.3 Å². The quantitative estimate of drug-likeness (QED) is 0.798. The van der Waals surface area contributed by atoms with Crippen molar-refractivity contribution in [1.29, 1.82) is 0 Å². The van der Waals surface area contributed by atoms with E-state index in [-0.39, 0.29) is 22.4 Å². The van der Waals surface area contributed by atoms with Crippen LogP contribution in [0.2, 0.25) is 0 Å². The normalized spacial score (nSPS) is 13.7. The van der Waals surface area contributed by atoms with Crippen molar-refractivity contribution < 1.29 is 27.6 Å². The number of hydrogen-bond acceptors (Lipinski definition) is 6. The number of benzene rings is 2. The molecule has 0 bridgehead atoms. The lowest BCUT2D eigenvalue weighted by Crippen LogP contribution is -2.33. The number of carbonyl (C=O) groups excluding carboxylic acids is 3. The number of nitrogens with zero attached hydrogens (tertiary/aromatic N) is 1. The highest BCUT2D eigenvalue weighted by molar-refractivity contribution is 7.89. The molecule has 0 aliphatic carbocycles. The number of imide groups is 1. The van der Waals surface area contributed by atoms with Gasteiger partial charge in [0.15, 0.2) is 0 Å². The van der Waals surface area contributed by atoms with E-state index in [2.05, 4.69) is 0 Å². The van der Waals surface area contributed by atoms with E-state index in [4.69, 9.17) is 9.98 Å². The molecule has 2 amide bonds. The maximum Gasteiger partial charge on any atom is 0.337 e. The number of nitrogens with two attached hydrogens (primary N) is 1. The Balaban J connectivity index is 1.70. The van der Waals surface area contributed by atoms with Crippen molar-refractivity contribution in [2.75, 3.05) is 0 Å². The monoisotopic (exact) mass is 360 g/mol. The molecule has 8 nitrogen and oxygen atoms in total. The SMILES string of the molecule is NS(=O)(=O)c1ccc(CC(=O)ON2C(=O)c3ccccc3C2=O)cc1. The fourth-order valence-electron chi connectivity index (χ4n) is 2.35. The van der Waals surface area contributed by atoms with Crippen LogP contribution in [0.15, 0.2) is 53.4 Å². The zero-order valence-electron chi connectivity index (χ0n) is 12.7. The van der Waals surface area contributed by atoms with Crippen molar-refractivity contribution in [2.45, 2.75) is 11.3 Å². The number of fused-ring (bicyclic) bond motifs is 1. The molecule has 2 aromatic carbocycles. The minimum atomic E-state index is -3.83. The largest absolute Gasteiger partial charge is 0.337 e. The summed E-state index contributed by atoms with van der Waals surface area (Å²) in [5.41, 5.74) is 0.768. The second-order valence-corrected chi connectivity index (χ2v) is 6.84. The summed E-state index contributed by atoms with van der Waals surface area (Å²) in [5, 5.41) is 5.41. The van der Waals surface area contributed by atoms with Crippen LogP contribution in [0.3, 0.4) is 0 Å². The Kier molecular flexibility index (Phi) is 4.11. The summed E-state index contributed by atoms with van der Waals surface area (Å²) in [7, 11) is -3.83. The van der Waals surface area contributed by atoms with E-state index in [0.717, 1.165) is 0 Å². The lowest BCUT2D eigenvalue weighted by Gasteiger charge is -2.12. The highest BCUT2D eigenvalue weighted by atomic mass is 32.2. The van der Waals surface area contributed by atoms with Gasteiger partial charge >= 0.3 is 5.97 Å². The fraction of sp³-hybridized carbons (Fsp3) is 0.0625. The van der Waals surface area contributed by atoms with Crippen molar-refractivity contribution in [3.63, 3.8) is 0 Å². The van der Waals surface area contributed by atoms with E-state index in [0.29, 0.717) is 10.6 Å². The van der Waals surface area contributed by atoms with Crippen molar-refractivity contribution in [3.8, 4) is 0 Å². The molecular weight excluding hydrogens is 348 g/mol. The van der Waals surface area contributed by atoms with Gasteiger partial charge in [-0.3, -0.25) is 9.59 Å². The highest BCUT2D eigenvalue weighted by Gasteiger charge is 2.38. The molecule has 1 heterocycles. The standard InChI is InChI=1S/C16H12N2O6S/c17-25(22,23)11-7-5-10(6-8-11)9-14(19)24-18-15(20)12-3-1-2-4-13(12)16(18)21/h1-8H,9H2,(H2,17,22,23). The molecule has 0 saturated heterocycles. The average molecular weight is 360 g/mol. The minimum Gasteiger partial charge on any atom is -0.329 e. The van der Waals surface area contributed by atoms with Gasteiger partial charge in [-0.05, 0) is 29.8 Å². The zero-order chi connectivity index (χ0) is 18.2. The van der Waals surface area contributed by atoms with Crippen LogP contribution >= 0.6 is 0 Å². The number of primary sulfonamides is 1. The van der Waals surface area contributed by atoms with Gasteiger partial charge in [-0.25, -0.2) is 18.4 Å². The van der Waals surface area contributed by atoms with Crippen LogP contribution in [0.4, 0.5) is 0 Å². The smallest absolute Gasteiger partial charge is 0.329 e. The van der Waals surface area contributed by atoms with E-state index in [1.807, 2.05) is 0 Å². The maximum absolute atomic E-state index is 12.1. The third-order valence-electron chi connectivity index (χ3n) is 3.55. The number of carbonyl (C=O) groups is 3. The topological polar surface area (TPSA) is 124 Å². The first-order chi connectivity index (χ1) is 11.8. The zero-order valence-corrected chi connectivity index (χ0v) is 13.5. The number of amides is 2. The van der Waals surface area contributed by atoms with Crippen LogP contribution < -0.4 is 5.14 Å². The van der Waals surface area contributed by atoms with Gasteiger partial charge in [0.2, 0.25) is 10.0 Å². The van der Waals surface area contributed by atoms with Crippen LogP contribution in [0.25, 0.3) is 0 Å². The van der Waals surface area contributed by atoms with Gasteiger partial charge in [0.25, 0.3) is 11.8 Å². The van der Waals surface area contributed by atoms with Crippen molar-refractivity contribution in [3.05, 3.63) is 65.2 Å². The van der Waals surface area contributed by atoms with E-state index in [9.17, 15) is 22.8 Å². The molecule has 0 aromatic heterocycles. The van der Waals surface area contributed by atoms with Crippen molar-refractivity contribution in [1.82, 2.24) is 5.06 Å². The number of hydrogen-bond donors (Lipinski definition) is 1. The third kappa shape index (κ3) is 3.28. The first-order valence-electron chi connectivity index (χ1n) is 7.08. The Morgan fingerprint density at radius 2 is 1.48 bits per heavy atom. The molecular formula is C16H12N2O6S. The highest BCUT2D eigenvalue weighted by Crippen LogP contribution is 2.23. The lowest BCUT2D eigenvalue weighted by molar-refractivity contribution is -0.167. The number of sulfonamides is 1. The lowest BCUT2D eigenvalue weighted by atomic mass is 10.1. The molecule has 2 N–H and O–H groups in total. The number of rotatable bonds is 4. The molecule has 2 aromatic rings. The second kappa shape index (κ2) is 6.11. The van der Waals surface area contributed by atoms with Crippen molar-refractivity contribution in [2.24, 2.45) is 5.14 Å². The second-order valence-electron chi connectivity index (χ2n) is 5.28. The molecule has 0 radical (unpaired) electrons. The van der Waals surface area contributed by atoms with E-state index in [1.54, 1.807) is 12.1 Å². The Morgan fingerprint density at radius 1 is 0.960 bits per heavy atom. The first kappa shape index (κ1) is 16.8. The predicted molar refractivity (Wildman–Crippen MR) is 84.6 cm³/mol. The average Bonchev–Trinajstić information content (AvgIpc) is 2.80. The molecule has 1 aliphatic heterocycles. The molecule has 0 saturated carbocycles. The molecule has 128 valence electrons. The van der Waals surface area contributed by atoms with Crippen LogP contribution in [0.1, 0.15) is 26.3 Å². The van der Waals surface area contributed by atoms with Gasteiger partial charge in [-0.15, -0.1) is 0 Å². The Morgan fingerprint density at radius 3 is 1.96 bits per heavy atom. The molecule has 0 atom stereocenters. The summed E-state index contributed by atoms with van der Waals surface area (Å²) in [6.07, 6.45) is -0.252. The molecule has 1 aliphatic rings. The Labute approximate surface area is 142 Å². The molecule has 3 rings (SSSR count). The van der Waals surface area contributed by atoms with E-state index in [1.165, 1.54) is 36.4 Å². The summed E-state index contributed by atoms with van der Waals surface area (Å²) >= 11 is 0. The predicted octanol–water partition coefficient (Wildman–Crippen LogP) is 0.631. The summed E-state index contributed by atoms with van der Waals surface area (Å²) < 4.78 is 22.4. The molecule has 0 spiro atoms. The summed E-state index contributed by atoms with van der Waals surface area (Å²) in [4.78, 5) is 41.0. The fourth-order valence-corrected chi connectivity index (χ4v) is 2.86. The van der Waals surface area contributed by atoms with Crippen LogP contribution in [-0.2, 0) is 26.1 Å². The van der Waals surface area contributed by atoms with E-state index >= 15 is 0 Å². The maximum atomic E-state index is 12.1. The Hall–Kier alpha value is -3.04. The molecule has 9 heteroatoms. The van der Waals surface area contributed by atoms with Gasteiger partial charge in [0.05, 0.1) is 22.4 Å². The third-order valence-corrected chi connectivity index (χ3v) is 4.48.